The normalized spacial score (nSPS) is 20.0. The van der Waals surface area contributed by atoms with Crippen LogP contribution in [0.1, 0.15) is 32.6 Å². The summed E-state index contributed by atoms with van der Waals surface area (Å²) in [4.78, 5) is 13.9. The van der Waals surface area contributed by atoms with E-state index < -0.39 is 0 Å². The smallest absolute Gasteiger partial charge is 0.227 e. The molecule has 7 nitrogen and oxygen atoms in total. The fourth-order valence-corrected chi connectivity index (χ4v) is 3.76. The molecule has 142 valence electrons. The van der Waals surface area contributed by atoms with Gasteiger partial charge in [-0.3, -0.25) is 0 Å². The van der Waals surface area contributed by atoms with Crippen LogP contribution in [0.4, 0.5) is 17.5 Å². The van der Waals surface area contributed by atoms with Crippen molar-refractivity contribution in [3.63, 3.8) is 0 Å². The van der Waals surface area contributed by atoms with E-state index in [1.807, 2.05) is 28.8 Å². The SMILES string of the molecule is CCn1cnc2c(Nc3cccc(Cl)c3)nc(N[C@@H]3CCC[C@@H](N)C3)nc21. The molecule has 4 N–H and O–H groups in total. The first kappa shape index (κ1) is 18.0. The van der Waals surface area contributed by atoms with Crippen LogP contribution in [-0.2, 0) is 6.54 Å². The summed E-state index contributed by atoms with van der Waals surface area (Å²) in [5, 5.41) is 7.47. The highest BCUT2D eigenvalue weighted by Crippen LogP contribution is 2.27. The summed E-state index contributed by atoms with van der Waals surface area (Å²) in [5.74, 6) is 1.26. The number of benzene rings is 1. The monoisotopic (exact) mass is 385 g/mol. The summed E-state index contributed by atoms with van der Waals surface area (Å²) >= 11 is 6.11. The minimum atomic E-state index is 0.241. The third-order valence-electron chi connectivity index (χ3n) is 4.94. The number of aryl methyl sites for hydroxylation is 1. The molecule has 1 aromatic carbocycles. The maximum Gasteiger partial charge on any atom is 0.227 e. The molecule has 0 aliphatic heterocycles. The van der Waals surface area contributed by atoms with E-state index in [1.54, 1.807) is 6.33 Å². The van der Waals surface area contributed by atoms with Gasteiger partial charge in [-0.1, -0.05) is 17.7 Å². The van der Waals surface area contributed by atoms with Crippen LogP contribution in [0.3, 0.4) is 0 Å². The highest BCUT2D eigenvalue weighted by molar-refractivity contribution is 6.30. The molecule has 2 heterocycles. The van der Waals surface area contributed by atoms with Crippen LogP contribution in [0.25, 0.3) is 11.2 Å². The first-order valence-electron chi connectivity index (χ1n) is 9.40. The van der Waals surface area contributed by atoms with Gasteiger partial charge in [0.05, 0.1) is 6.33 Å². The van der Waals surface area contributed by atoms with E-state index in [1.165, 1.54) is 0 Å². The molecule has 27 heavy (non-hydrogen) atoms. The standard InChI is InChI=1S/C19H24ClN7/c1-2-27-11-22-16-17(23-14-7-3-5-12(20)9-14)25-19(26-18(16)27)24-15-8-4-6-13(21)10-15/h3,5,7,9,11,13,15H,2,4,6,8,10,21H2,1H3,(H2,23,24,25,26)/t13-,15-/m1/s1. The maximum atomic E-state index is 6.12. The van der Waals surface area contributed by atoms with Crippen molar-refractivity contribution in [2.24, 2.45) is 5.73 Å². The Balaban J connectivity index is 1.69. The van der Waals surface area contributed by atoms with Gasteiger partial charge in [0.25, 0.3) is 0 Å². The molecule has 3 aromatic rings. The minimum absolute atomic E-state index is 0.241. The number of nitrogens with zero attached hydrogens (tertiary/aromatic N) is 4. The second-order valence-electron chi connectivity index (χ2n) is 7.00. The van der Waals surface area contributed by atoms with E-state index >= 15 is 0 Å². The number of nitrogens with two attached hydrogens (primary N) is 1. The summed E-state index contributed by atoms with van der Waals surface area (Å²) < 4.78 is 2.01. The molecule has 1 aliphatic carbocycles. The zero-order valence-electron chi connectivity index (χ0n) is 15.3. The number of nitrogens with one attached hydrogen (secondary N) is 2. The van der Waals surface area contributed by atoms with Crippen molar-refractivity contribution in [2.45, 2.75) is 51.2 Å². The van der Waals surface area contributed by atoms with Gasteiger partial charge >= 0.3 is 0 Å². The van der Waals surface area contributed by atoms with Crippen LogP contribution in [0.5, 0.6) is 0 Å². The van der Waals surface area contributed by atoms with Gasteiger partial charge in [0, 0.05) is 29.3 Å². The maximum absolute atomic E-state index is 6.12. The fourth-order valence-electron chi connectivity index (χ4n) is 3.57. The topological polar surface area (TPSA) is 93.7 Å². The van der Waals surface area contributed by atoms with Gasteiger partial charge in [0.2, 0.25) is 5.95 Å². The Labute approximate surface area is 163 Å². The molecule has 1 saturated carbocycles. The summed E-state index contributed by atoms with van der Waals surface area (Å²) in [6.45, 7) is 2.86. The van der Waals surface area contributed by atoms with Gasteiger partial charge in [-0.2, -0.15) is 9.97 Å². The number of aromatic nitrogens is 4. The first-order chi connectivity index (χ1) is 13.1. The number of anilines is 3. The van der Waals surface area contributed by atoms with Gasteiger partial charge in [0.1, 0.15) is 0 Å². The average molecular weight is 386 g/mol. The molecule has 0 radical (unpaired) electrons. The lowest BCUT2D eigenvalue weighted by Crippen LogP contribution is -2.35. The van der Waals surface area contributed by atoms with Crippen LogP contribution >= 0.6 is 11.6 Å². The van der Waals surface area contributed by atoms with Crippen molar-refractivity contribution in [3.05, 3.63) is 35.6 Å². The number of hydrogen-bond acceptors (Lipinski definition) is 6. The van der Waals surface area contributed by atoms with E-state index in [2.05, 4.69) is 22.5 Å². The Kier molecular flexibility index (Phi) is 5.13. The molecule has 0 saturated heterocycles. The molecule has 1 aliphatic rings. The fraction of sp³-hybridized carbons (Fsp3) is 0.421. The van der Waals surface area contributed by atoms with Crippen molar-refractivity contribution in [2.75, 3.05) is 10.6 Å². The molecule has 0 bridgehead atoms. The molecule has 8 heteroatoms. The predicted molar refractivity (Wildman–Crippen MR) is 110 cm³/mol. The average Bonchev–Trinajstić information content (AvgIpc) is 3.05. The van der Waals surface area contributed by atoms with Crippen molar-refractivity contribution < 1.29 is 0 Å². The van der Waals surface area contributed by atoms with Crippen molar-refractivity contribution in [3.8, 4) is 0 Å². The van der Waals surface area contributed by atoms with Crippen LogP contribution in [-0.4, -0.2) is 31.6 Å². The quantitative estimate of drug-likeness (QED) is 0.616. The largest absolute Gasteiger partial charge is 0.351 e. The van der Waals surface area contributed by atoms with Crippen LogP contribution in [0, 0.1) is 0 Å². The van der Waals surface area contributed by atoms with Crippen molar-refractivity contribution in [1.82, 2.24) is 19.5 Å². The summed E-state index contributed by atoms with van der Waals surface area (Å²) in [5.41, 5.74) is 8.53. The Morgan fingerprint density at radius 3 is 2.96 bits per heavy atom. The number of imidazole rings is 1. The molecule has 1 fully saturated rings. The Morgan fingerprint density at radius 2 is 2.19 bits per heavy atom. The van der Waals surface area contributed by atoms with Gasteiger partial charge in [-0.15, -0.1) is 0 Å². The van der Waals surface area contributed by atoms with Gasteiger partial charge in [-0.25, -0.2) is 4.98 Å². The lowest BCUT2D eigenvalue weighted by molar-refractivity contribution is 0.408. The molecular weight excluding hydrogens is 362 g/mol. The zero-order valence-corrected chi connectivity index (χ0v) is 16.1. The summed E-state index contributed by atoms with van der Waals surface area (Å²) in [6.07, 6.45) is 6.03. The molecule has 0 amide bonds. The van der Waals surface area contributed by atoms with Gasteiger partial charge in [-0.05, 0) is 50.8 Å². The van der Waals surface area contributed by atoms with Crippen LogP contribution in [0.15, 0.2) is 30.6 Å². The number of halogens is 1. The van der Waals surface area contributed by atoms with E-state index in [4.69, 9.17) is 27.3 Å². The van der Waals surface area contributed by atoms with E-state index in [0.717, 1.165) is 49.1 Å². The van der Waals surface area contributed by atoms with E-state index in [-0.39, 0.29) is 6.04 Å². The molecular formula is C19H24ClN7. The first-order valence-corrected chi connectivity index (χ1v) is 9.77. The number of hydrogen-bond donors (Lipinski definition) is 3. The Morgan fingerprint density at radius 1 is 1.30 bits per heavy atom. The van der Waals surface area contributed by atoms with Crippen LogP contribution < -0.4 is 16.4 Å². The van der Waals surface area contributed by atoms with Crippen molar-refractivity contribution >= 4 is 40.2 Å². The second-order valence-corrected chi connectivity index (χ2v) is 7.44. The molecule has 2 atom stereocenters. The Bertz CT molecular complexity index is 939. The summed E-state index contributed by atoms with van der Waals surface area (Å²) in [7, 11) is 0. The lowest BCUT2D eigenvalue weighted by Gasteiger charge is -2.27. The minimum Gasteiger partial charge on any atom is -0.351 e. The van der Waals surface area contributed by atoms with Gasteiger partial charge < -0.3 is 20.9 Å². The third-order valence-corrected chi connectivity index (χ3v) is 5.18. The molecule has 2 aromatic heterocycles. The van der Waals surface area contributed by atoms with Gasteiger partial charge in [0.15, 0.2) is 17.0 Å². The second kappa shape index (κ2) is 7.70. The van der Waals surface area contributed by atoms with E-state index in [9.17, 15) is 0 Å². The zero-order chi connectivity index (χ0) is 18.8. The van der Waals surface area contributed by atoms with Crippen molar-refractivity contribution in [1.29, 1.82) is 0 Å². The molecule has 4 rings (SSSR count). The number of rotatable bonds is 5. The van der Waals surface area contributed by atoms with E-state index in [0.29, 0.717) is 22.8 Å². The molecule has 0 spiro atoms. The highest BCUT2D eigenvalue weighted by Gasteiger charge is 2.21. The summed E-state index contributed by atoms with van der Waals surface area (Å²) in [6, 6.07) is 8.08. The Hall–Kier alpha value is -2.38. The third kappa shape index (κ3) is 3.99. The predicted octanol–water partition coefficient (Wildman–Crippen LogP) is 3.93. The lowest BCUT2D eigenvalue weighted by atomic mass is 9.92. The highest BCUT2D eigenvalue weighted by atomic mass is 35.5. The molecule has 0 unspecified atom stereocenters. The number of fused-ring (bicyclic) bond motifs is 1. The van der Waals surface area contributed by atoms with Crippen LogP contribution in [0.2, 0.25) is 5.02 Å².